The molecular formula is C12H19ClN2O2S2. The van der Waals surface area contributed by atoms with Crippen LogP contribution in [0, 0.1) is 0 Å². The zero-order chi connectivity index (χ0) is 14.0. The number of hydrogen-bond acceptors (Lipinski definition) is 4. The molecule has 0 radical (unpaired) electrons. The third-order valence-corrected chi connectivity index (χ3v) is 7.40. The van der Waals surface area contributed by atoms with E-state index in [0.29, 0.717) is 22.7 Å². The summed E-state index contributed by atoms with van der Waals surface area (Å²) >= 11 is 6.97. The van der Waals surface area contributed by atoms with E-state index in [1.165, 1.54) is 15.6 Å². The Morgan fingerprint density at radius 2 is 2.26 bits per heavy atom. The molecular weight excluding hydrogens is 304 g/mol. The van der Waals surface area contributed by atoms with Gasteiger partial charge < -0.3 is 4.90 Å². The van der Waals surface area contributed by atoms with E-state index in [2.05, 4.69) is 11.9 Å². The Morgan fingerprint density at radius 3 is 2.79 bits per heavy atom. The molecule has 0 aliphatic carbocycles. The molecule has 1 aliphatic heterocycles. The zero-order valence-corrected chi connectivity index (χ0v) is 13.6. The number of sulfonamides is 1. The number of likely N-dealkylation sites (N-methyl/N-ethyl adjacent to an activating group) is 2. The van der Waals surface area contributed by atoms with Gasteiger partial charge in [0.1, 0.15) is 4.21 Å². The van der Waals surface area contributed by atoms with Crippen LogP contribution in [0.15, 0.2) is 16.3 Å². The Morgan fingerprint density at radius 1 is 1.53 bits per heavy atom. The van der Waals surface area contributed by atoms with E-state index in [9.17, 15) is 8.42 Å². The second kappa shape index (κ2) is 6.10. The van der Waals surface area contributed by atoms with Crippen molar-refractivity contribution in [1.82, 2.24) is 9.21 Å². The van der Waals surface area contributed by atoms with Crippen molar-refractivity contribution in [3.05, 3.63) is 17.0 Å². The van der Waals surface area contributed by atoms with Crippen molar-refractivity contribution in [1.29, 1.82) is 0 Å². The van der Waals surface area contributed by atoms with Gasteiger partial charge in [-0.15, -0.1) is 22.9 Å². The predicted octanol–water partition coefficient (Wildman–Crippen LogP) is 2.20. The summed E-state index contributed by atoms with van der Waals surface area (Å²) in [5.74, 6) is 0.356. The van der Waals surface area contributed by atoms with Crippen LogP contribution in [0.25, 0.3) is 0 Å². The van der Waals surface area contributed by atoms with Gasteiger partial charge in [0.15, 0.2) is 0 Å². The van der Waals surface area contributed by atoms with Crippen LogP contribution in [0.2, 0.25) is 0 Å². The third kappa shape index (κ3) is 3.31. The first-order valence-corrected chi connectivity index (χ1v) is 9.05. The SMILES string of the molecule is CN1CCCC1CN(C)S(=O)(=O)c1ccc(CCl)s1. The number of hydrogen-bond donors (Lipinski definition) is 0. The maximum atomic E-state index is 12.4. The minimum absolute atomic E-state index is 0.326. The van der Waals surface area contributed by atoms with E-state index in [-0.39, 0.29) is 0 Å². The second-order valence-electron chi connectivity index (χ2n) is 4.92. The fourth-order valence-electron chi connectivity index (χ4n) is 2.33. The summed E-state index contributed by atoms with van der Waals surface area (Å²) in [4.78, 5) is 3.11. The van der Waals surface area contributed by atoms with Crippen LogP contribution in [0.1, 0.15) is 17.7 Å². The Hall–Kier alpha value is -0.140. The summed E-state index contributed by atoms with van der Waals surface area (Å²) in [5.41, 5.74) is 0. The lowest BCUT2D eigenvalue weighted by atomic mass is 10.2. The highest BCUT2D eigenvalue weighted by atomic mass is 35.5. The Kier molecular flexibility index (Phi) is 4.89. The number of alkyl halides is 1. The number of halogens is 1. The standard InChI is InChI=1S/C12H19ClN2O2S2/c1-14-7-3-4-10(14)9-15(2)19(16,17)12-6-5-11(8-13)18-12/h5-6,10H,3-4,7-9H2,1-2H3. The van der Waals surface area contributed by atoms with Crippen LogP contribution in [0.4, 0.5) is 0 Å². The summed E-state index contributed by atoms with van der Waals surface area (Å²) in [6.07, 6.45) is 2.21. The Labute approximate surface area is 124 Å². The van der Waals surface area contributed by atoms with Gasteiger partial charge in [-0.05, 0) is 38.6 Å². The van der Waals surface area contributed by atoms with E-state index in [0.717, 1.165) is 24.3 Å². The summed E-state index contributed by atoms with van der Waals surface area (Å²) in [7, 11) is 0.332. The second-order valence-corrected chi connectivity index (χ2v) is 8.62. The predicted molar refractivity (Wildman–Crippen MR) is 79.3 cm³/mol. The first-order valence-electron chi connectivity index (χ1n) is 6.26. The summed E-state index contributed by atoms with van der Waals surface area (Å²) in [5, 5.41) is 0. The molecule has 1 atom stereocenters. The van der Waals surface area contributed by atoms with E-state index < -0.39 is 10.0 Å². The van der Waals surface area contributed by atoms with E-state index in [4.69, 9.17) is 11.6 Å². The van der Waals surface area contributed by atoms with Crippen molar-refractivity contribution in [2.75, 3.05) is 27.2 Å². The fourth-order valence-corrected chi connectivity index (χ4v) is 5.20. The first kappa shape index (κ1) is 15.3. The highest BCUT2D eigenvalue weighted by molar-refractivity contribution is 7.91. The van der Waals surface area contributed by atoms with Crippen LogP contribution >= 0.6 is 22.9 Å². The van der Waals surface area contributed by atoms with Crippen LogP contribution in [-0.2, 0) is 15.9 Å². The van der Waals surface area contributed by atoms with E-state index in [1.54, 1.807) is 19.2 Å². The van der Waals surface area contributed by atoms with Crippen molar-refractivity contribution in [3.63, 3.8) is 0 Å². The first-order chi connectivity index (χ1) is 8.95. The van der Waals surface area contributed by atoms with Crippen molar-refractivity contribution >= 4 is 33.0 Å². The quantitative estimate of drug-likeness (QED) is 0.780. The van der Waals surface area contributed by atoms with Gasteiger partial charge in [0.05, 0.1) is 5.88 Å². The highest BCUT2D eigenvalue weighted by Crippen LogP contribution is 2.26. The molecule has 19 heavy (non-hydrogen) atoms. The van der Waals surface area contributed by atoms with Crippen LogP contribution < -0.4 is 0 Å². The lowest BCUT2D eigenvalue weighted by molar-refractivity contribution is 0.271. The highest BCUT2D eigenvalue weighted by Gasteiger charge is 2.28. The molecule has 7 heteroatoms. The molecule has 0 aromatic carbocycles. The van der Waals surface area contributed by atoms with Gasteiger partial charge in [0.25, 0.3) is 10.0 Å². The maximum Gasteiger partial charge on any atom is 0.252 e. The molecule has 2 rings (SSSR count). The molecule has 2 heterocycles. The Balaban J connectivity index is 2.10. The maximum absolute atomic E-state index is 12.4. The molecule has 4 nitrogen and oxygen atoms in total. The molecule has 1 saturated heterocycles. The van der Waals surface area contributed by atoms with E-state index >= 15 is 0 Å². The largest absolute Gasteiger partial charge is 0.302 e. The van der Waals surface area contributed by atoms with Gasteiger partial charge in [-0.2, -0.15) is 4.31 Å². The summed E-state index contributed by atoms with van der Waals surface area (Å²) in [6, 6.07) is 3.75. The molecule has 1 aromatic heterocycles. The third-order valence-electron chi connectivity index (χ3n) is 3.57. The fraction of sp³-hybridized carbons (Fsp3) is 0.667. The lowest BCUT2D eigenvalue weighted by Crippen LogP contribution is -2.39. The van der Waals surface area contributed by atoms with Crippen molar-refractivity contribution in [2.24, 2.45) is 0 Å². The minimum atomic E-state index is -3.37. The molecule has 1 fully saturated rings. The molecule has 1 unspecified atom stereocenters. The van der Waals surface area contributed by atoms with Gasteiger partial charge in [-0.1, -0.05) is 0 Å². The molecule has 108 valence electrons. The Bertz CT molecular complexity index is 530. The number of likely N-dealkylation sites (tertiary alicyclic amines) is 1. The molecule has 1 aromatic rings. The lowest BCUT2D eigenvalue weighted by Gasteiger charge is -2.24. The topological polar surface area (TPSA) is 40.6 Å². The zero-order valence-electron chi connectivity index (χ0n) is 11.2. The van der Waals surface area contributed by atoms with Gasteiger partial charge in [0, 0.05) is 24.5 Å². The number of thiophene rings is 1. The van der Waals surface area contributed by atoms with Crippen molar-refractivity contribution < 1.29 is 8.42 Å². The van der Waals surface area contributed by atoms with Crippen LogP contribution in [0.3, 0.4) is 0 Å². The van der Waals surface area contributed by atoms with Gasteiger partial charge in [0.2, 0.25) is 0 Å². The monoisotopic (exact) mass is 322 g/mol. The average Bonchev–Trinajstić information content (AvgIpc) is 2.99. The van der Waals surface area contributed by atoms with Crippen molar-refractivity contribution in [2.45, 2.75) is 29.0 Å². The van der Waals surface area contributed by atoms with Crippen LogP contribution in [-0.4, -0.2) is 50.8 Å². The van der Waals surface area contributed by atoms with Gasteiger partial charge >= 0.3 is 0 Å². The normalized spacial score (nSPS) is 21.4. The molecule has 0 N–H and O–H groups in total. The molecule has 0 saturated carbocycles. The van der Waals surface area contributed by atoms with Crippen LogP contribution in [0.5, 0.6) is 0 Å². The molecule has 0 bridgehead atoms. The van der Waals surface area contributed by atoms with Crippen molar-refractivity contribution in [3.8, 4) is 0 Å². The average molecular weight is 323 g/mol. The summed E-state index contributed by atoms with van der Waals surface area (Å²) < 4.78 is 26.7. The molecule has 0 amide bonds. The number of rotatable bonds is 5. The molecule has 1 aliphatic rings. The van der Waals surface area contributed by atoms with E-state index in [1.807, 2.05) is 0 Å². The molecule has 0 spiro atoms. The van der Waals surface area contributed by atoms with Gasteiger partial charge in [-0.25, -0.2) is 8.42 Å². The summed E-state index contributed by atoms with van der Waals surface area (Å²) in [6.45, 7) is 1.60. The smallest absolute Gasteiger partial charge is 0.252 e. The van der Waals surface area contributed by atoms with Gasteiger partial charge in [-0.3, -0.25) is 0 Å². The number of nitrogens with zero attached hydrogens (tertiary/aromatic N) is 2. The minimum Gasteiger partial charge on any atom is -0.302 e.